The monoisotopic (exact) mass is 469 g/mol. The first kappa shape index (κ1) is 24.1. The molecule has 0 aliphatic carbocycles. The van der Waals surface area contributed by atoms with E-state index in [0.29, 0.717) is 18.2 Å². The van der Waals surface area contributed by atoms with Crippen LogP contribution in [0.5, 0.6) is 0 Å². The molecule has 1 aromatic heterocycles. The number of hydrogen-bond donors (Lipinski definition) is 4. The van der Waals surface area contributed by atoms with Crippen molar-refractivity contribution >= 4 is 40.7 Å². The fourth-order valence-electron chi connectivity index (χ4n) is 2.84. The molecule has 2 amide bonds. The third-order valence-electron chi connectivity index (χ3n) is 4.39. The summed E-state index contributed by atoms with van der Waals surface area (Å²) >= 11 is 3.27. The van der Waals surface area contributed by atoms with Crippen LogP contribution >= 0.6 is 23.3 Å². The van der Waals surface area contributed by atoms with Gasteiger partial charge in [0.05, 0.1) is 9.88 Å². The van der Waals surface area contributed by atoms with Crippen LogP contribution in [-0.2, 0) is 6.54 Å². The topological polar surface area (TPSA) is 92.1 Å². The lowest BCUT2D eigenvalue weighted by atomic mass is 10.1. The molecule has 0 fully saturated rings. The minimum Gasteiger partial charge on any atom is -0.399 e. The summed E-state index contributed by atoms with van der Waals surface area (Å²) in [6, 6.07) is 13.2. The Labute approximate surface area is 198 Å². The maximum atomic E-state index is 12.4. The van der Waals surface area contributed by atoms with Gasteiger partial charge in [-0.25, -0.2) is 9.78 Å². The zero-order chi connectivity index (χ0) is 23.3. The lowest BCUT2D eigenvalue weighted by molar-refractivity contribution is 0.251. The van der Waals surface area contributed by atoms with Gasteiger partial charge in [-0.05, 0) is 62.5 Å². The smallest absolute Gasteiger partial charge is 0.319 e. The number of nitrogens with one attached hydrogen (secondary N) is 3. The number of nitrogens with zero attached hydrogens (tertiary/aromatic N) is 1. The van der Waals surface area contributed by atoms with Gasteiger partial charge in [0.1, 0.15) is 0 Å². The van der Waals surface area contributed by atoms with Crippen LogP contribution in [0.15, 0.2) is 53.6 Å². The first-order chi connectivity index (χ1) is 15.1. The van der Waals surface area contributed by atoms with Gasteiger partial charge in [-0.15, -0.1) is 11.3 Å². The Morgan fingerprint density at radius 3 is 2.62 bits per heavy atom. The van der Waals surface area contributed by atoms with E-state index in [1.54, 1.807) is 23.3 Å². The lowest BCUT2D eigenvalue weighted by Gasteiger charge is -2.21. The van der Waals surface area contributed by atoms with Gasteiger partial charge in [-0.1, -0.05) is 32.0 Å². The van der Waals surface area contributed by atoms with Crippen LogP contribution in [0.25, 0.3) is 10.4 Å². The third-order valence-corrected chi connectivity index (χ3v) is 7.00. The predicted molar refractivity (Wildman–Crippen MR) is 137 cm³/mol. The zero-order valence-electron chi connectivity index (χ0n) is 19.2. The first-order valence-corrected chi connectivity index (χ1v) is 12.2. The van der Waals surface area contributed by atoms with E-state index >= 15 is 0 Å². The van der Waals surface area contributed by atoms with Crippen molar-refractivity contribution in [1.29, 1.82) is 0 Å². The number of aromatic nitrogens is 1. The Hall–Kier alpha value is -2.55. The summed E-state index contributed by atoms with van der Waals surface area (Å²) in [6.07, 6.45) is 1.93. The average molecular weight is 470 g/mol. The number of carbonyl (C=O) groups excluding carboxylic acids is 1. The number of rotatable bonds is 7. The summed E-state index contributed by atoms with van der Waals surface area (Å²) in [4.78, 5) is 19.2. The Morgan fingerprint density at radius 1 is 1.19 bits per heavy atom. The molecule has 0 saturated carbocycles. The molecule has 3 aromatic rings. The Kier molecular flexibility index (Phi) is 7.82. The highest BCUT2D eigenvalue weighted by molar-refractivity contribution is 7.97. The van der Waals surface area contributed by atoms with E-state index in [1.807, 2.05) is 48.7 Å². The van der Waals surface area contributed by atoms with Crippen molar-refractivity contribution in [2.24, 2.45) is 0 Å². The number of hydrogen-bond acceptors (Lipinski definition) is 6. The van der Waals surface area contributed by atoms with Gasteiger partial charge >= 0.3 is 6.03 Å². The maximum absolute atomic E-state index is 12.4. The minimum absolute atomic E-state index is 0.0585. The largest absolute Gasteiger partial charge is 0.399 e. The van der Waals surface area contributed by atoms with Crippen LogP contribution in [0.2, 0.25) is 0 Å². The Bertz CT molecular complexity index is 1070. The molecule has 0 atom stereocenters. The van der Waals surface area contributed by atoms with Crippen LogP contribution in [0, 0.1) is 0 Å². The van der Waals surface area contributed by atoms with Gasteiger partial charge in [0.15, 0.2) is 0 Å². The second kappa shape index (κ2) is 10.4. The van der Waals surface area contributed by atoms with E-state index in [9.17, 15) is 4.79 Å². The van der Waals surface area contributed by atoms with Crippen molar-refractivity contribution in [3.63, 3.8) is 0 Å². The van der Waals surface area contributed by atoms with Gasteiger partial charge < -0.3 is 16.4 Å². The predicted octanol–water partition coefficient (Wildman–Crippen LogP) is 6.23. The second-order valence-corrected chi connectivity index (χ2v) is 10.8. The molecule has 6 nitrogen and oxygen atoms in total. The average Bonchev–Trinajstić information content (AvgIpc) is 3.21. The van der Waals surface area contributed by atoms with Crippen molar-refractivity contribution < 1.29 is 4.79 Å². The molecule has 32 heavy (non-hydrogen) atoms. The van der Waals surface area contributed by atoms with Crippen LogP contribution in [-0.4, -0.2) is 16.6 Å². The summed E-state index contributed by atoms with van der Waals surface area (Å²) in [5.41, 5.74) is 9.20. The van der Waals surface area contributed by atoms with Crippen LogP contribution in [0.4, 0.5) is 16.2 Å². The first-order valence-electron chi connectivity index (χ1n) is 10.5. The van der Waals surface area contributed by atoms with Crippen molar-refractivity contribution in [2.75, 3.05) is 11.1 Å². The molecule has 0 saturated heterocycles. The number of carbonyl (C=O) groups is 1. The molecule has 3 rings (SSSR count). The second-order valence-electron chi connectivity index (χ2n) is 8.94. The molecule has 5 N–H and O–H groups in total. The highest BCUT2D eigenvalue weighted by atomic mass is 32.2. The molecule has 170 valence electrons. The fraction of sp³-hybridized carbons (Fsp3) is 0.333. The quantitative estimate of drug-likeness (QED) is 0.243. The number of thiazole rings is 1. The highest BCUT2D eigenvalue weighted by Gasteiger charge is 2.16. The van der Waals surface area contributed by atoms with Crippen LogP contribution in [0.1, 0.15) is 51.1 Å². The highest BCUT2D eigenvalue weighted by Crippen LogP contribution is 2.37. The molecule has 0 aliphatic rings. The van der Waals surface area contributed by atoms with Crippen molar-refractivity contribution in [3.05, 3.63) is 59.2 Å². The Balaban J connectivity index is 1.76. The normalized spacial score (nSPS) is 11.6. The van der Waals surface area contributed by atoms with Gasteiger partial charge in [0.25, 0.3) is 0 Å². The summed E-state index contributed by atoms with van der Waals surface area (Å²) in [5, 5.41) is 6.92. The van der Waals surface area contributed by atoms with Crippen molar-refractivity contribution in [3.8, 4) is 10.4 Å². The summed E-state index contributed by atoms with van der Waals surface area (Å²) < 4.78 is 3.47. The standard InChI is InChI=1S/C24H31N5OS2/c1-15(2)22-26-14-21(31-22)19-10-9-18(12-20(19)32-29-24(3,4)5)28-23(30)27-13-16-7-6-8-17(25)11-16/h6-12,14-15,29H,13,25H2,1-5H3,(H2,27,28,30). The van der Waals surface area contributed by atoms with E-state index in [2.05, 4.69) is 55.0 Å². The lowest BCUT2D eigenvalue weighted by Crippen LogP contribution is -2.30. The molecule has 2 aromatic carbocycles. The van der Waals surface area contributed by atoms with Crippen LogP contribution < -0.4 is 21.1 Å². The minimum atomic E-state index is -0.264. The van der Waals surface area contributed by atoms with Gasteiger partial charge in [-0.3, -0.25) is 4.72 Å². The Morgan fingerprint density at radius 2 is 1.97 bits per heavy atom. The summed E-state index contributed by atoms with van der Waals surface area (Å²) in [5.74, 6) is 0.391. The van der Waals surface area contributed by atoms with E-state index in [0.717, 1.165) is 31.6 Å². The number of anilines is 2. The van der Waals surface area contributed by atoms with Gasteiger partial charge in [0.2, 0.25) is 0 Å². The molecule has 0 spiro atoms. The number of nitrogen functional groups attached to an aromatic ring is 1. The number of amides is 2. The van der Waals surface area contributed by atoms with Crippen LogP contribution in [0.3, 0.4) is 0 Å². The van der Waals surface area contributed by atoms with E-state index in [4.69, 9.17) is 5.73 Å². The molecule has 0 bridgehead atoms. The maximum Gasteiger partial charge on any atom is 0.319 e. The number of urea groups is 1. The SMILES string of the molecule is CC(C)c1ncc(-c2ccc(NC(=O)NCc3cccc(N)c3)cc2SNC(C)(C)C)s1. The van der Waals surface area contributed by atoms with E-state index in [-0.39, 0.29) is 11.6 Å². The molecule has 0 unspecified atom stereocenters. The number of benzene rings is 2. The zero-order valence-corrected chi connectivity index (χ0v) is 20.8. The summed E-state index contributed by atoms with van der Waals surface area (Å²) in [6.45, 7) is 11.1. The van der Waals surface area contributed by atoms with Crippen molar-refractivity contribution in [2.45, 2.75) is 57.5 Å². The van der Waals surface area contributed by atoms with E-state index < -0.39 is 0 Å². The van der Waals surface area contributed by atoms with Crippen molar-refractivity contribution in [1.82, 2.24) is 15.0 Å². The number of nitrogens with two attached hydrogens (primary N) is 1. The summed E-state index contributed by atoms with van der Waals surface area (Å²) in [7, 11) is 0. The van der Waals surface area contributed by atoms with Gasteiger partial charge in [0, 0.05) is 46.0 Å². The third kappa shape index (κ3) is 6.98. The molecule has 0 aliphatic heterocycles. The fourth-order valence-corrected chi connectivity index (χ4v) is 4.75. The molecular weight excluding hydrogens is 438 g/mol. The van der Waals surface area contributed by atoms with Gasteiger partial charge in [-0.2, -0.15) is 0 Å². The van der Waals surface area contributed by atoms with E-state index in [1.165, 1.54) is 0 Å². The molecule has 1 heterocycles. The molecule has 0 radical (unpaired) electrons. The molecular formula is C24H31N5OS2. The molecule has 8 heteroatoms.